The standard InChI is InChI=1S/C11H15BrN2O/c1-7(2)14-10(6-11(12)13-14)8-3-4-9(15)5-8/h6-8H,3-5H2,1-2H3/t8-/m0/s1. The Bertz CT molecular complexity index is 384. The van der Waals surface area contributed by atoms with Gasteiger partial charge in [0.05, 0.1) is 0 Å². The van der Waals surface area contributed by atoms with Crippen molar-refractivity contribution in [2.24, 2.45) is 0 Å². The molecule has 15 heavy (non-hydrogen) atoms. The third-order valence-electron chi connectivity index (χ3n) is 2.89. The van der Waals surface area contributed by atoms with E-state index in [1.807, 2.05) is 10.7 Å². The Morgan fingerprint density at radius 3 is 2.87 bits per heavy atom. The molecule has 0 radical (unpaired) electrons. The molecule has 82 valence electrons. The van der Waals surface area contributed by atoms with Crippen molar-refractivity contribution in [1.29, 1.82) is 0 Å². The summed E-state index contributed by atoms with van der Waals surface area (Å²) in [6, 6.07) is 2.39. The fourth-order valence-electron chi connectivity index (χ4n) is 2.16. The summed E-state index contributed by atoms with van der Waals surface area (Å²) in [5, 5.41) is 4.40. The van der Waals surface area contributed by atoms with E-state index in [4.69, 9.17) is 0 Å². The van der Waals surface area contributed by atoms with Crippen LogP contribution in [0, 0.1) is 0 Å². The normalized spacial score (nSPS) is 21.6. The summed E-state index contributed by atoms with van der Waals surface area (Å²) in [6.07, 6.45) is 2.39. The van der Waals surface area contributed by atoms with Gasteiger partial charge >= 0.3 is 0 Å². The summed E-state index contributed by atoms with van der Waals surface area (Å²) in [5.41, 5.74) is 1.20. The van der Waals surface area contributed by atoms with Gasteiger partial charge in [0.25, 0.3) is 0 Å². The molecule has 1 aliphatic rings. The summed E-state index contributed by atoms with van der Waals surface area (Å²) >= 11 is 3.40. The van der Waals surface area contributed by atoms with Crippen LogP contribution in [0.5, 0.6) is 0 Å². The first-order valence-corrected chi connectivity index (χ1v) is 6.14. The molecule has 2 rings (SSSR count). The molecular formula is C11H15BrN2O. The van der Waals surface area contributed by atoms with Gasteiger partial charge in [0.1, 0.15) is 10.4 Å². The Labute approximate surface area is 98.0 Å². The van der Waals surface area contributed by atoms with Gasteiger partial charge in [0.15, 0.2) is 0 Å². The molecule has 0 amide bonds. The highest BCUT2D eigenvalue weighted by Gasteiger charge is 2.27. The van der Waals surface area contributed by atoms with Crippen molar-refractivity contribution in [3.8, 4) is 0 Å². The van der Waals surface area contributed by atoms with Crippen LogP contribution in [0.3, 0.4) is 0 Å². The predicted octanol–water partition coefficient (Wildman–Crippen LogP) is 3.06. The molecule has 0 aliphatic heterocycles. The zero-order valence-electron chi connectivity index (χ0n) is 9.03. The van der Waals surface area contributed by atoms with Crippen LogP contribution in [0.25, 0.3) is 0 Å². The van der Waals surface area contributed by atoms with E-state index in [1.54, 1.807) is 0 Å². The summed E-state index contributed by atoms with van der Waals surface area (Å²) < 4.78 is 2.89. The Morgan fingerprint density at radius 1 is 1.60 bits per heavy atom. The van der Waals surface area contributed by atoms with E-state index in [2.05, 4.69) is 34.9 Å². The van der Waals surface area contributed by atoms with Crippen LogP contribution in [-0.2, 0) is 4.79 Å². The van der Waals surface area contributed by atoms with E-state index in [0.717, 1.165) is 17.4 Å². The van der Waals surface area contributed by atoms with Crippen LogP contribution in [0.15, 0.2) is 10.7 Å². The van der Waals surface area contributed by atoms with Crippen molar-refractivity contribution >= 4 is 21.7 Å². The van der Waals surface area contributed by atoms with Crippen molar-refractivity contribution in [3.63, 3.8) is 0 Å². The van der Waals surface area contributed by atoms with E-state index in [9.17, 15) is 4.79 Å². The molecular weight excluding hydrogens is 256 g/mol. The second-order valence-corrected chi connectivity index (χ2v) is 5.22. The van der Waals surface area contributed by atoms with Gasteiger partial charge in [0.2, 0.25) is 0 Å². The number of hydrogen-bond acceptors (Lipinski definition) is 2. The zero-order valence-corrected chi connectivity index (χ0v) is 10.6. The Balaban J connectivity index is 2.30. The Hall–Kier alpha value is -0.640. The first kappa shape index (κ1) is 10.9. The van der Waals surface area contributed by atoms with Crippen LogP contribution in [-0.4, -0.2) is 15.6 Å². The highest BCUT2D eigenvalue weighted by Crippen LogP contribution is 2.34. The van der Waals surface area contributed by atoms with Crippen molar-refractivity contribution < 1.29 is 4.79 Å². The number of nitrogens with zero attached hydrogens (tertiary/aromatic N) is 2. The van der Waals surface area contributed by atoms with Crippen molar-refractivity contribution in [2.45, 2.75) is 45.1 Å². The average Bonchev–Trinajstić information content (AvgIpc) is 2.71. The third-order valence-corrected chi connectivity index (χ3v) is 3.28. The largest absolute Gasteiger partial charge is 0.300 e. The Morgan fingerprint density at radius 2 is 2.33 bits per heavy atom. The van der Waals surface area contributed by atoms with Gasteiger partial charge in [-0.15, -0.1) is 0 Å². The predicted molar refractivity (Wildman–Crippen MR) is 61.9 cm³/mol. The minimum absolute atomic E-state index is 0.349. The number of rotatable bonds is 2. The van der Waals surface area contributed by atoms with E-state index >= 15 is 0 Å². The molecule has 1 aromatic rings. The number of carbonyl (C=O) groups is 1. The lowest BCUT2D eigenvalue weighted by atomic mass is 10.0. The summed E-state index contributed by atoms with van der Waals surface area (Å²) in [5.74, 6) is 0.756. The topological polar surface area (TPSA) is 34.9 Å². The molecule has 1 fully saturated rings. The van der Waals surface area contributed by atoms with Crippen molar-refractivity contribution in [3.05, 3.63) is 16.4 Å². The van der Waals surface area contributed by atoms with E-state index in [0.29, 0.717) is 24.2 Å². The van der Waals surface area contributed by atoms with Crippen molar-refractivity contribution in [1.82, 2.24) is 9.78 Å². The second kappa shape index (κ2) is 4.08. The van der Waals surface area contributed by atoms with Gasteiger partial charge in [-0.25, -0.2) is 0 Å². The van der Waals surface area contributed by atoms with Crippen LogP contribution in [0.2, 0.25) is 0 Å². The molecule has 0 spiro atoms. The fourth-order valence-corrected chi connectivity index (χ4v) is 2.57. The lowest BCUT2D eigenvalue weighted by molar-refractivity contribution is -0.117. The van der Waals surface area contributed by atoms with Gasteiger partial charge in [0, 0.05) is 30.5 Å². The van der Waals surface area contributed by atoms with Gasteiger partial charge in [-0.05, 0) is 42.3 Å². The van der Waals surface area contributed by atoms with Gasteiger partial charge in [-0.2, -0.15) is 5.10 Å². The molecule has 4 heteroatoms. The molecule has 0 saturated heterocycles. The minimum Gasteiger partial charge on any atom is -0.300 e. The molecule has 1 aromatic heterocycles. The first-order valence-electron chi connectivity index (χ1n) is 5.34. The van der Waals surface area contributed by atoms with Gasteiger partial charge < -0.3 is 0 Å². The maximum atomic E-state index is 11.3. The van der Waals surface area contributed by atoms with Crippen LogP contribution < -0.4 is 0 Å². The SMILES string of the molecule is CC(C)n1nc(Br)cc1[C@H]1CCC(=O)C1. The molecule has 1 saturated carbocycles. The average molecular weight is 271 g/mol. The van der Waals surface area contributed by atoms with Crippen LogP contribution >= 0.6 is 15.9 Å². The van der Waals surface area contributed by atoms with Crippen LogP contribution in [0.4, 0.5) is 0 Å². The number of carbonyl (C=O) groups excluding carboxylic acids is 1. The van der Waals surface area contributed by atoms with E-state index < -0.39 is 0 Å². The number of ketones is 1. The van der Waals surface area contributed by atoms with E-state index in [-0.39, 0.29) is 0 Å². The highest BCUT2D eigenvalue weighted by molar-refractivity contribution is 9.10. The number of aromatic nitrogens is 2. The smallest absolute Gasteiger partial charge is 0.133 e. The number of hydrogen-bond donors (Lipinski definition) is 0. The quantitative estimate of drug-likeness (QED) is 0.828. The molecule has 1 atom stereocenters. The third kappa shape index (κ3) is 2.14. The highest BCUT2D eigenvalue weighted by atomic mass is 79.9. The molecule has 1 heterocycles. The first-order chi connectivity index (χ1) is 7.08. The van der Waals surface area contributed by atoms with Gasteiger partial charge in [-0.1, -0.05) is 0 Å². The van der Waals surface area contributed by atoms with Crippen molar-refractivity contribution in [2.75, 3.05) is 0 Å². The van der Waals surface area contributed by atoms with E-state index in [1.165, 1.54) is 5.69 Å². The fraction of sp³-hybridized carbons (Fsp3) is 0.636. The monoisotopic (exact) mass is 270 g/mol. The lowest BCUT2D eigenvalue weighted by Gasteiger charge is -2.14. The maximum Gasteiger partial charge on any atom is 0.133 e. The Kier molecular flexibility index (Phi) is 2.96. The summed E-state index contributed by atoms with van der Waals surface area (Å²) in [6.45, 7) is 4.22. The minimum atomic E-state index is 0.349. The maximum absolute atomic E-state index is 11.3. The summed E-state index contributed by atoms with van der Waals surface area (Å²) in [4.78, 5) is 11.3. The zero-order chi connectivity index (χ0) is 11.0. The molecule has 0 N–H and O–H groups in total. The summed E-state index contributed by atoms with van der Waals surface area (Å²) in [7, 11) is 0. The number of halogens is 1. The molecule has 0 bridgehead atoms. The molecule has 3 nitrogen and oxygen atoms in total. The lowest BCUT2D eigenvalue weighted by Crippen LogP contribution is -2.10. The van der Waals surface area contributed by atoms with Crippen LogP contribution in [0.1, 0.15) is 50.8 Å². The molecule has 0 aromatic carbocycles. The second-order valence-electron chi connectivity index (χ2n) is 4.41. The number of Topliss-reactive ketones (excluding diaryl/α,β-unsaturated/α-hetero) is 1. The van der Waals surface area contributed by atoms with Gasteiger partial charge in [-0.3, -0.25) is 9.48 Å². The molecule has 1 aliphatic carbocycles. The molecule has 0 unspecified atom stereocenters.